The second-order valence-electron chi connectivity index (χ2n) is 6.92. The van der Waals surface area contributed by atoms with Gasteiger partial charge in [-0.05, 0) is 51.1 Å². The van der Waals surface area contributed by atoms with Crippen molar-refractivity contribution in [2.24, 2.45) is 0 Å². The zero-order valence-corrected chi connectivity index (χ0v) is 16.7. The Balaban J connectivity index is 1.69. The average Bonchev–Trinajstić information content (AvgIpc) is 3.15. The standard InChI is InChI=1S/C21H23N5O3/c1-4-28-19-11-14(5-6-18(19)29-13(2)3)20-22-8-7-15(24-20)16-12-17-21(27)23-9-10-26(17)25-16/h5-8,11-13H,4,9-10H2,1-3H3,(H,23,27). The number of aromatic nitrogens is 4. The quantitative estimate of drug-likeness (QED) is 0.692. The molecular formula is C21H23N5O3. The maximum atomic E-state index is 12.0. The minimum Gasteiger partial charge on any atom is -0.490 e. The van der Waals surface area contributed by atoms with E-state index < -0.39 is 0 Å². The van der Waals surface area contributed by atoms with Crippen LogP contribution in [0.2, 0.25) is 0 Å². The average molecular weight is 393 g/mol. The van der Waals surface area contributed by atoms with Gasteiger partial charge >= 0.3 is 0 Å². The molecule has 0 spiro atoms. The number of ether oxygens (including phenoxy) is 2. The van der Waals surface area contributed by atoms with Gasteiger partial charge in [-0.2, -0.15) is 5.10 Å². The van der Waals surface area contributed by atoms with Crippen molar-refractivity contribution < 1.29 is 14.3 Å². The lowest BCUT2D eigenvalue weighted by Crippen LogP contribution is -2.35. The predicted octanol–water partition coefficient (Wildman–Crippen LogP) is 2.94. The van der Waals surface area contributed by atoms with Gasteiger partial charge in [0.2, 0.25) is 0 Å². The highest BCUT2D eigenvalue weighted by Crippen LogP contribution is 2.33. The molecular weight excluding hydrogens is 370 g/mol. The van der Waals surface area contributed by atoms with E-state index >= 15 is 0 Å². The molecule has 8 heteroatoms. The first-order chi connectivity index (χ1) is 14.0. The van der Waals surface area contributed by atoms with Gasteiger partial charge in [0.15, 0.2) is 17.3 Å². The molecule has 8 nitrogen and oxygen atoms in total. The first-order valence-corrected chi connectivity index (χ1v) is 9.68. The number of benzene rings is 1. The number of fused-ring (bicyclic) bond motifs is 1. The molecule has 0 fully saturated rings. The van der Waals surface area contributed by atoms with E-state index in [0.29, 0.717) is 54.1 Å². The second kappa shape index (κ2) is 7.90. The maximum absolute atomic E-state index is 12.0. The van der Waals surface area contributed by atoms with Crippen LogP contribution in [0.25, 0.3) is 22.8 Å². The fraction of sp³-hybridized carbons (Fsp3) is 0.333. The van der Waals surface area contributed by atoms with Crippen molar-refractivity contribution in [1.29, 1.82) is 0 Å². The summed E-state index contributed by atoms with van der Waals surface area (Å²) in [6.45, 7) is 7.63. The summed E-state index contributed by atoms with van der Waals surface area (Å²) in [6.07, 6.45) is 1.73. The fourth-order valence-corrected chi connectivity index (χ4v) is 3.17. The first-order valence-electron chi connectivity index (χ1n) is 9.68. The molecule has 0 atom stereocenters. The molecule has 29 heavy (non-hydrogen) atoms. The summed E-state index contributed by atoms with van der Waals surface area (Å²) in [5.41, 5.74) is 2.66. The van der Waals surface area contributed by atoms with E-state index in [9.17, 15) is 4.79 Å². The summed E-state index contributed by atoms with van der Waals surface area (Å²) in [7, 11) is 0. The molecule has 1 aliphatic rings. The van der Waals surface area contributed by atoms with E-state index in [1.165, 1.54) is 0 Å². The highest BCUT2D eigenvalue weighted by molar-refractivity contribution is 5.94. The second-order valence-corrected chi connectivity index (χ2v) is 6.92. The fourth-order valence-electron chi connectivity index (χ4n) is 3.17. The topological polar surface area (TPSA) is 91.2 Å². The Morgan fingerprint density at radius 1 is 1.17 bits per heavy atom. The van der Waals surface area contributed by atoms with Crippen LogP contribution in [-0.4, -0.2) is 44.9 Å². The highest BCUT2D eigenvalue weighted by Gasteiger charge is 2.20. The summed E-state index contributed by atoms with van der Waals surface area (Å²) < 4.78 is 13.3. The van der Waals surface area contributed by atoms with Gasteiger partial charge in [0, 0.05) is 18.3 Å². The number of nitrogens with zero attached hydrogens (tertiary/aromatic N) is 4. The van der Waals surface area contributed by atoms with Crippen LogP contribution in [0.15, 0.2) is 36.5 Å². The van der Waals surface area contributed by atoms with Gasteiger partial charge in [-0.3, -0.25) is 9.48 Å². The third kappa shape index (κ3) is 3.91. The van der Waals surface area contributed by atoms with Gasteiger partial charge in [-0.1, -0.05) is 0 Å². The minimum absolute atomic E-state index is 0.0452. The van der Waals surface area contributed by atoms with Crippen molar-refractivity contribution >= 4 is 5.91 Å². The van der Waals surface area contributed by atoms with Gasteiger partial charge in [0.05, 0.1) is 24.9 Å². The lowest BCUT2D eigenvalue weighted by Gasteiger charge is -2.15. The molecule has 0 saturated carbocycles. The molecule has 1 N–H and O–H groups in total. The summed E-state index contributed by atoms with van der Waals surface area (Å²) in [4.78, 5) is 21.1. The molecule has 0 aliphatic carbocycles. The normalized spacial score (nSPS) is 13.2. The number of nitrogens with one attached hydrogen (secondary N) is 1. The van der Waals surface area contributed by atoms with Gasteiger partial charge < -0.3 is 14.8 Å². The van der Waals surface area contributed by atoms with E-state index in [1.807, 2.05) is 39.0 Å². The molecule has 4 rings (SSSR count). The van der Waals surface area contributed by atoms with E-state index in [4.69, 9.17) is 9.47 Å². The molecule has 3 aromatic rings. The Labute approximate surface area is 168 Å². The van der Waals surface area contributed by atoms with Crippen LogP contribution >= 0.6 is 0 Å². The molecule has 0 saturated heterocycles. The van der Waals surface area contributed by atoms with Crippen molar-refractivity contribution in [2.45, 2.75) is 33.4 Å². The van der Waals surface area contributed by atoms with E-state index in [1.54, 1.807) is 23.0 Å². The number of amides is 1. The maximum Gasteiger partial charge on any atom is 0.269 e. The smallest absolute Gasteiger partial charge is 0.269 e. The largest absolute Gasteiger partial charge is 0.490 e. The summed E-state index contributed by atoms with van der Waals surface area (Å²) in [5.74, 6) is 1.78. The lowest BCUT2D eigenvalue weighted by molar-refractivity contribution is 0.0924. The summed E-state index contributed by atoms with van der Waals surface area (Å²) >= 11 is 0. The Kier molecular flexibility index (Phi) is 5.16. The third-order valence-corrected chi connectivity index (χ3v) is 4.40. The van der Waals surface area contributed by atoms with Crippen molar-refractivity contribution in [3.63, 3.8) is 0 Å². The Hall–Kier alpha value is -3.42. The molecule has 2 aromatic heterocycles. The van der Waals surface area contributed by atoms with Crippen LogP contribution in [-0.2, 0) is 6.54 Å². The van der Waals surface area contributed by atoms with Gasteiger partial charge in [-0.25, -0.2) is 9.97 Å². The van der Waals surface area contributed by atoms with Gasteiger partial charge in [-0.15, -0.1) is 0 Å². The first kappa shape index (κ1) is 18.9. The minimum atomic E-state index is -0.119. The van der Waals surface area contributed by atoms with Crippen molar-refractivity contribution in [1.82, 2.24) is 25.1 Å². The third-order valence-electron chi connectivity index (χ3n) is 4.40. The molecule has 150 valence electrons. The number of carbonyl (C=O) groups is 1. The molecule has 1 aromatic carbocycles. The SMILES string of the molecule is CCOc1cc(-c2nccc(-c3cc4n(n3)CCNC4=O)n2)ccc1OC(C)C. The van der Waals surface area contributed by atoms with Crippen LogP contribution in [0.5, 0.6) is 11.5 Å². The van der Waals surface area contributed by atoms with Gasteiger partial charge in [0.1, 0.15) is 11.4 Å². The number of hydrogen-bond acceptors (Lipinski definition) is 6. The molecule has 0 radical (unpaired) electrons. The Morgan fingerprint density at radius 3 is 2.79 bits per heavy atom. The Morgan fingerprint density at radius 2 is 2.03 bits per heavy atom. The zero-order valence-electron chi connectivity index (χ0n) is 16.7. The summed E-state index contributed by atoms with van der Waals surface area (Å²) in [5, 5.41) is 7.34. The van der Waals surface area contributed by atoms with E-state index in [2.05, 4.69) is 20.4 Å². The monoisotopic (exact) mass is 393 g/mol. The van der Waals surface area contributed by atoms with Crippen LogP contribution in [0, 0.1) is 0 Å². The number of hydrogen-bond donors (Lipinski definition) is 1. The van der Waals surface area contributed by atoms with Crippen LogP contribution in [0.1, 0.15) is 31.3 Å². The van der Waals surface area contributed by atoms with Crippen molar-refractivity contribution in [3.8, 4) is 34.3 Å². The molecule has 1 aliphatic heterocycles. The lowest BCUT2D eigenvalue weighted by atomic mass is 10.1. The molecule has 1 amide bonds. The number of rotatable bonds is 6. The summed E-state index contributed by atoms with van der Waals surface area (Å²) in [6, 6.07) is 9.20. The van der Waals surface area contributed by atoms with Crippen LogP contribution in [0.3, 0.4) is 0 Å². The molecule has 0 bridgehead atoms. The van der Waals surface area contributed by atoms with E-state index in [-0.39, 0.29) is 12.0 Å². The van der Waals surface area contributed by atoms with Crippen LogP contribution in [0.4, 0.5) is 0 Å². The number of carbonyl (C=O) groups excluding carboxylic acids is 1. The Bertz CT molecular complexity index is 1040. The van der Waals surface area contributed by atoms with Crippen LogP contribution < -0.4 is 14.8 Å². The zero-order chi connectivity index (χ0) is 20.4. The van der Waals surface area contributed by atoms with Crippen molar-refractivity contribution in [3.05, 3.63) is 42.2 Å². The molecule has 0 unspecified atom stereocenters. The molecule has 3 heterocycles. The van der Waals surface area contributed by atoms with E-state index in [0.717, 1.165) is 5.56 Å². The predicted molar refractivity (Wildman–Crippen MR) is 108 cm³/mol. The van der Waals surface area contributed by atoms with Crippen molar-refractivity contribution in [2.75, 3.05) is 13.2 Å². The highest BCUT2D eigenvalue weighted by atomic mass is 16.5. The van der Waals surface area contributed by atoms with Gasteiger partial charge in [0.25, 0.3) is 5.91 Å².